The first kappa shape index (κ1) is 15.3. The predicted molar refractivity (Wildman–Crippen MR) is 80.7 cm³/mol. The minimum absolute atomic E-state index is 0.0252. The SMILES string of the molecule is O=C(O)[C@H]1CC[C@@H](C(=O)N2CCCC2c2ccc(Cl)cc2)O1. The Kier molecular flexibility index (Phi) is 4.36. The summed E-state index contributed by atoms with van der Waals surface area (Å²) in [6.07, 6.45) is 1.22. The van der Waals surface area contributed by atoms with E-state index in [1.54, 1.807) is 0 Å². The molecule has 1 unspecified atom stereocenters. The van der Waals surface area contributed by atoms with Gasteiger partial charge in [-0.05, 0) is 43.4 Å². The fraction of sp³-hybridized carbons (Fsp3) is 0.500. The Labute approximate surface area is 133 Å². The summed E-state index contributed by atoms with van der Waals surface area (Å²) in [4.78, 5) is 25.4. The molecule has 2 fully saturated rings. The number of likely N-dealkylation sites (tertiary alicyclic amines) is 1. The summed E-state index contributed by atoms with van der Waals surface area (Å²) in [6, 6.07) is 7.55. The summed E-state index contributed by atoms with van der Waals surface area (Å²) in [6.45, 7) is 0.684. The van der Waals surface area contributed by atoms with Gasteiger partial charge in [0.1, 0.15) is 6.10 Å². The van der Waals surface area contributed by atoms with Crippen molar-refractivity contribution in [2.45, 2.75) is 43.9 Å². The van der Waals surface area contributed by atoms with E-state index in [4.69, 9.17) is 21.4 Å². The van der Waals surface area contributed by atoms with Crippen LogP contribution in [0.5, 0.6) is 0 Å². The molecule has 1 amide bonds. The molecule has 2 heterocycles. The van der Waals surface area contributed by atoms with E-state index in [1.165, 1.54) is 0 Å². The van der Waals surface area contributed by atoms with Crippen molar-refractivity contribution < 1.29 is 19.4 Å². The normalized spacial score (nSPS) is 28.0. The molecule has 0 aromatic heterocycles. The highest BCUT2D eigenvalue weighted by atomic mass is 35.5. The van der Waals surface area contributed by atoms with Crippen LogP contribution in [0.25, 0.3) is 0 Å². The van der Waals surface area contributed by atoms with E-state index >= 15 is 0 Å². The zero-order chi connectivity index (χ0) is 15.7. The number of carbonyl (C=O) groups excluding carboxylic acids is 1. The van der Waals surface area contributed by atoms with Gasteiger partial charge < -0.3 is 14.7 Å². The maximum absolute atomic E-state index is 12.6. The van der Waals surface area contributed by atoms with Crippen molar-refractivity contribution in [1.82, 2.24) is 4.90 Å². The summed E-state index contributed by atoms with van der Waals surface area (Å²) >= 11 is 5.91. The van der Waals surface area contributed by atoms with Gasteiger partial charge in [0.05, 0.1) is 6.04 Å². The summed E-state index contributed by atoms with van der Waals surface area (Å²) in [7, 11) is 0. The third-order valence-electron chi connectivity index (χ3n) is 4.36. The number of hydrogen-bond donors (Lipinski definition) is 1. The molecule has 2 aliphatic rings. The largest absolute Gasteiger partial charge is 0.479 e. The van der Waals surface area contributed by atoms with Crippen LogP contribution in [-0.2, 0) is 14.3 Å². The quantitative estimate of drug-likeness (QED) is 0.928. The molecular formula is C16H18ClNO4. The number of hydrogen-bond acceptors (Lipinski definition) is 3. The molecule has 5 nitrogen and oxygen atoms in total. The zero-order valence-electron chi connectivity index (χ0n) is 12.1. The lowest BCUT2D eigenvalue weighted by Crippen LogP contribution is -2.39. The molecule has 1 aromatic rings. The van der Waals surface area contributed by atoms with Crippen LogP contribution in [0, 0.1) is 0 Å². The summed E-state index contributed by atoms with van der Waals surface area (Å²) < 4.78 is 5.39. The Balaban J connectivity index is 1.72. The van der Waals surface area contributed by atoms with E-state index in [0.29, 0.717) is 24.4 Å². The number of halogens is 1. The van der Waals surface area contributed by atoms with Crippen molar-refractivity contribution in [3.05, 3.63) is 34.9 Å². The number of carboxylic acids is 1. The number of ether oxygens (including phenoxy) is 1. The summed E-state index contributed by atoms with van der Waals surface area (Å²) in [5.41, 5.74) is 1.06. The second-order valence-corrected chi connectivity index (χ2v) is 6.21. The number of carbonyl (C=O) groups is 2. The Morgan fingerprint density at radius 3 is 2.45 bits per heavy atom. The van der Waals surface area contributed by atoms with Crippen molar-refractivity contribution in [3.63, 3.8) is 0 Å². The van der Waals surface area contributed by atoms with Gasteiger partial charge in [-0.1, -0.05) is 23.7 Å². The fourth-order valence-corrected chi connectivity index (χ4v) is 3.37. The van der Waals surface area contributed by atoms with E-state index < -0.39 is 18.2 Å². The van der Waals surface area contributed by atoms with Crippen molar-refractivity contribution in [3.8, 4) is 0 Å². The van der Waals surface area contributed by atoms with Crippen molar-refractivity contribution in [2.24, 2.45) is 0 Å². The number of amides is 1. The minimum Gasteiger partial charge on any atom is -0.479 e. The third kappa shape index (κ3) is 2.96. The second-order valence-electron chi connectivity index (χ2n) is 5.77. The fourth-order valence-electron chi connectivity index (χ4n) is 3.25. The first-order chi connectivity index (χ1) is 10.6. The highest BCUT2D eigenvalue weighted by Gasteiger charge is 2.40. The van der Waals surface area contributed by atoms with Gasteiger partial charge in [0.15, 0.2) is 6.10 Å². The Morgan fingerprint density at radius 2 is 1.82 bits per heavy atom. The number of benzene rings is 1. The predicted octanol–water partition coefficient (Wildman–Crippen LogP) is 2.64. The van der Waals surface area contributed by atoms with Gasteiger partial charge in [-0.2, -0.15) is 0 Å². The molecule has 0 saturated carbocycles. The third-order valence-corrected chi connectivity index (χ3v) is 4.61. The first-order valence-electron chi connectivity index (χ1n) is 7.50. The average molecular weight is 324 g/mol. The lowest BCUT2D eigenvalue weighted by atomic mass is 10.0. The van der Waals surface area contributed by atoms with Crippen molar-refractivity contribution in [2.75, 3.05) is 6.54 Å². The Bertz CT molecular complexity index is 574. The smallest absolute Gasteiger partial charge is 0.332 e. The molecule has 6 heteroatoms. The standard InChI is InChI=1S/C16H18ClNO4/c17-11-5-3-10(4-6-11)12-2-1-9-18(12)15(19)13-7-8-14(22-13)16(20)21/h3-6,12-14H,1-2,7-9H2,(H,20,21)/t12?,13-,14+/m0/s1. The van der Waals surface area contributed by atoms with Crippen molar-refractivity contribution >= 4 is 23.5 Å². The topological polar surface area (TPSA) is 66.8 Å². The van der Waals surface area contributed by atoms with E-state index in [-0.39, 0.29) is 11.9 Å². The van der Waals surface area contributed by atoms with Crippen LogP contribution < -0.4 is 0 Å². The summed E-state index contributed by atoms with van der Waals surface area (Å²) in [5, 5.41) is 9.64. The lowest BCUT2D eigenvalue weighted by molar-refractivity contribution is -0.155. The molecule has 1 aromatic carbocycles. The highest BCUT2D eigenvalue weighted by molar-refractivity contribution is 6.30. The van der Waals surface area contributed by atoms with Crippen LogP contribution in [0.2, 0.25) is 5.02 Å². The molecule has 3 rings (SSSR count). The molecule has 1 N–H and O–H groups in total. The highest BCUT2D eigenvalue weighted by Crippen LogP contribution is 2.34. The molecule has 3 atom stereocenters. The molecule has 0 spiro atoms. The number of nitrogens with zero attached hydrogens (tertiary/aromatic N) is 1. The molecular weight excluding hydrogens is 306 g/mol. The number of carboxylic acid groups (broad SMARTS) is 1. The number of rotatable bonds is 3. The Morgan fingerprint density at radius 1 is 1.14 bits per heavy atom. The lowest BCUT2D eigenvalue weighted by Gasteiger charge is -2.27. The van der Waals surface area contributed by atoms with Gasteiger partial charge in [0.25, 0.3) is 5.91 Å². The average Bonchev–Trinajstić information content (AvgIpc) is 3.17. The number of aliphatic carboxylic acids is 1. The van der Waals surface area contributed by atoms with Gasteiger partial charge in [-0.15, -0.1) is 0 Å². The molecule has 0 bridgehead atoms. The summed E-state index contributed by atoms with van der Waals surface area (Å²) in [5.74, 6) is -1.09. The van der Waals surface area contributed by atoms with Crippen molar-refractivity contribution in [1.29, 1.82) is 0 Å². The van der Waals surface area contributed by atoms with Crippen LogP contribution in [0.4, 0.5) is 0 Å². The van der Waals surface area contributed by atoms with E-state index in [1.807, 2.05) is 29.2 Å². The van der Waals surface area contributed by atoms with Gasteiger partial charge in [-0.3, -0.25) is 4.79 Å². The molecule has 2 aliphatic heterocycles. The van der Waals surface area contributed by atoms with E-state index in [0.717, 1.165) is 18.4 Å². The maximum atomic E-state index is 12.6. The zero-order valence-corrected chi connectivity index (χ0v) is 12.8. The van der Waals surface area contributed by atoms with E-state index in [9.17, 15) is 9.59 Å². The molecule has 2 saturated heterocycles. The van der Waals surface area contributed by atoms with Crippen LogP contribution >= 0.6 is 11.6 Å². The first-order valence-corrected chi connectivity index (χ1v) is 7.88. The van der Waals surface area contributed by atoms with E-state index in [2.05, 4.69) is 0 Å². The molecule has 0 aliphatic carbocycles. The van der Waals surface area contributed by atoms with Gasteiger partial charge in [0.2, 0.25) is 0 Å². The maximum Gasteiger partial charge on any atom is 0.332 e. The van der Waals surface area contributed by atoms with Gasteiger partial charge in [-0.25, -0.2) is 4.79 Å². The van der Waals surface area contributed by atoms with Crippen LogP contribution in [-0.4, -0.2) is 40.6 Å². The van der Waals surface area contributed by atoms with Gasteiger partial charge in [0, 0.05) is 11.6 Å². The Hall–Kier alpha value is -1.59. The van der Waals surface area contributed by atoms with Crippen LogP contribution in [0.1, 0.15) is 37.3 Å². The second kappa shape index (κ2) is 6.26. The molecule has 22 heavy (non-hydrogen) atoms. The van der Waals surface area contributed by atoms with Crippen LogP contribution in [0.3, 0.4) is 0 Å². The monoisotopic (exact) mass is 323 g/mol. The minimum atomic E-state index is -0.994. The molecule has 0 radical (unpaired) electrons. The van der Waals surface area contributed by atoms with Crippen LogP contribution in [0.15, 0.2) is 24.3 Å². The molecule has 118 valence electrons. The van der Waals surface area contributed by atoms with Gasteiger partial charge >= 0.3 is 5.97 Å².